The van der Waals surface area contributed by atoms with Crippen LogP contribution in [0.15, 0.2) is 29.2 Å². The van der Waals surface area contributed by atoms with Crippen molar-refractivity contribution in [1.29, 1.82) is 0 Å². The van der Waals surface area contributed by atoms with Crippen LogP contribution in [-0.4, -0.2) is 26.8 Å². The predicted molar refractivity (Wildman–Crippen MR) is 55.2 cm³/mol. The number of nitrogens with two attached hydrogens (primary N) is 1. The minimum absolute atomic E-state index is 0.291. The summed E-state index contributed by atoms with van der Waals surface area (Å²) in [6, 6.07) is 6.57. The first-order valence-corrected chi connectivity index (χ1v) is 5.64. The lowest BCUT2D eigenvalue weighted by molar-refractivity contribution is 0.520. The van der Waals surface area contributed by atoms with Crippen LogP contribution >= 0.6 is 0 Å². The van der Waals surface area contributed by atoms with E-state index < -0.39 is 10.0 Å². The minimum atomic E-state index is -3.31. The lowest BCUT2D eigenvalue weighted by Crippen LogP contribution is -2.22. The Morgan fingerprint density at radius 3 is 2.07 bits per heavy atom. The zero-order chi connectivity index (χ0) is 10.8. The largest absolute Gasteiger partial charge is 0.326 e. The molecule has 0 amide bonds. The molecule has 1 aromatic rings. The molecule has 0 saturated carbocycles. The van der Waals surface area contributed by atoms with Gasteiger partial charge in [0.05, 0.1) is 4.90 Å². The second kappa shape index (κ2) is 4.08. The smallest absolute Gasteiger partial charge is 0.242 e. The van der Waals surface area contributed by atoms with Gasteiger partial charge < -0.3 is 5.73 Å². The highest BCUT2D eigenvalue weighted by atomic mass is 32.2. The van der Waals surface area contributed by atoms with Crippen molar-refractivity contribution in [2.45, 2.75) is 11.4 Å². The molecule has 0 unspecified atom stereocenters. The van der Waals surface area contributed by atoms with Crippen LogP contribution in [0, 0.1) is 0 Å². The summed E-state index contributed by atoms with van der Waals surface area (Å²) in [5.74, 6) is 0. The summed E-state index contributed by atoms with van der Waals surface area (Å²) in [5.41, 5.74) is 6.33. The molecular formula is C9H14N2O2S. The molecule has 14 heavy (non-hydrogen) atoms. The minimum Gasteiger partial charge on any atom is -0.326 e. The van der Waals surface area contributed by atoms with E-state index in [2.05, 4.69) is 0 Å². The van der Waals surface area contributed by atoms with Gasteiger partial charge >= 0.3 is 0 Å². The molecule has 1 aromatic carbocycles. The Balaban J connectivity index is 3.10. The van der Waals surface area contributed by atoms with Crippen molar-refractivity contribution in [1.82, 2.24) is 4.31 Å². The fraction of sp³-hybridized carbons (Fsp3) is 0.333. The Hall–Kier alpha value is -0.910. The van der Waals surface area contributed by atoms with E-state index >= 15 is 0 Å². The third-order valence-corrected chi connectivity index (χ3v) is 3.77. The summed E-state index contributed by atoms with van der Waals surface area (Å²) in [5, 5.41) is 0. The fourth-order valence-corrected chi connectivity index (χ4v) is 1.91. The molecule has 0 aliphatic heterocycles. The van der Waals surface area contributed by atoms with E-state index in [0.29, 0.717) is 11.4 Å². The maximum atomic E-state index is 11.6. The van der Waals surface area contributed by atoms with Crippen LogP contribution in [0.5, 0.6) is 0 Å². The highest BCUT2D eigenvalue weighted by Crippen LogP contribution is 2.13. The Bertz CT molecular complexity index is 395. The molecule has 5 heteroatoms. The van der Waals surface area contributed by atoms with Crippen LogP contribution in [0.2, 0.25) is 0 Å². The quantitative estimate of drug-likeness (QED) is 0.792. The van der Waals surface area contributed by atoms with Crippen LogP contribution in [0.1, 0.15) is 5.56 Å². The Kier molecular flexibility index (Phi) is 3.25. The van der Waals surface area contributed by atoms with Crippen molar-refractivity contribution >= 4 is 10.0 Å². The molecule has 0 aliphatic rings. The van der Waals surface area contributed by atoms with Gasteiger partial charge in [-0.1, -0.05) is 12.1 Å². The molecule has 0 radical (unpaired) electrons. The molecule has 0 heterocycles. The van der Waals surface area contributed by atoms with Crippen LogP contribution in [0.4, 0.5) is 0 Å². The van der Waals surface area contributed by atoms with Gasteiger partial charge in [-0.3, -0.25) is 0 Å². The molecule has 0 aliphatic carbocycles. The first-order valence-electron chi connectivity index (χ1n) is 4.20. The number of rotatable bonds is 3. The van der Waals surface area contributed by atoms with Gasteiger partial charge in [-0.25, -0.2) is 12.7 Å². The summed E-state index contributed by atoms with van der Waals surface area (Å²) in [7, 11) is -0.297. The van der Waals surface area contributed by atoms with Crippen molar-refractivity contribution < 1.29 is 8.42 Å². The molecular weight excluding hydrogens is 200 g/mol. The maximum absolute atomic E-state index is 11.6. The van der Waals surface area contributed by atoms with Gasteiger partial charge in [-0.05, 0) is 17.7 Å². The fourth-order valence-electron chi connectivity index (χ4n) is 1.01. The molecule has 0 saturated heterocycles. The summed E-state index contributed by atoms with van der Waals surface area (Å²) >= 11 is 0. The average molecular weight is 214 g/mol. The Morgan fingerprint density at radius 1 is 1.21 bits per heavy atom. The van der Waals surface area contributed by atoms with Crippen molar-refractivity contribution in [2.24, 2.45) is 5.73 Å². The zero-order valence-electron chi connectivity index (χ0n) is 8.27. The highest BCUT2D eigenvalue weighted by molar-refractivity contribution is 7.89. The number of hydrogen-bond donors (Lipinski definition) is 1. The van der Waals surface area contributed by atoms with E-state index in [1.165, 1.54) is 18.4 Å². The molecule has 1 rings (SSSR count). The molecule has 4 nitrogen and oxygen atoms in total. The van der Waals surface area contributed by atoms with Gasteiger partial charge in [-0.15, -0.1) is 0 Å². The highest BCUT2D eigenvalue weighted by Gasteiger charge is 2.16. The molecule has 0 aromatic heterocycles. The van der Waals surface area contributed by atoms with E-state index in [1.54, 1.807) is 24.3 Å². The first-order chi connectivity index (χ1) is 6.48. The predicted octanol–water partition coefficient (Wildman–Crippen LogP) is 0.396. The van der Waals surface area contributed by atoms with Crippen LogP contribution in [0.3, 0.4) is 0 Å². The van der Waals surface area contributed by atoms with Crippen molar-refractivity contribution in [2.75, 3.05) is 14.1 Å². The van der Waals surface area contributed by atoms with Gasteiger partial charge in [0, 0.05) is 20.6 Å². The summed E-state index contributed by atoms with van der Waals surface area (Å²) < 4.78 is 24.4. The van der Waals surface area contributed by atoms with Gasteiger partial charge in [0.2, 0.25) is 10.0 Å². The summed E-state index contributed by atoms with van der Waals surface area (Å²) in [6.07, 6.45) is 0. The maximum Gasteiger partial charge on any atom is 0.242 e. The standard InChI is InChI=1S/C9H14N2O2S/c1-11(2)14(12,13)9-5-3-8(7-10)4-6-9/h3-6H,7,10H2,1-2H3. The average Bonchev–Trinajstić information content (AvgIpc) is 2.17. The molecule has 0 atom stereocenters. The van der Waals surface area contributed by atoms with Gasteiger partial charge in [0.1, 0.15) is 0 Å². The summed E-state index contributed by atoms with van der Waals surface area (Å²) in [4.78, 5) is 0.291. The second-order valence-electron chi connectivity index (χ2n) is 3.14. The van der Waals surface area contributed by atoms with Crippen LogP contribution in [0.25, 0.3) is 0 Å². The van der Waals surface area contributed by atoms with Crippen molar-refractivity contribution in [3.8, 4) is 0 Å². The van der Waals surface area contributed by atoms with Crippen LogP contribution in [-0.2, 0) is 16.6 Å². The number of hydrogen-bond acceptors (Lipinski definition) is 3. The molecule has 78 valence electrons. The van der Waals surface area contributed by atoms with E-state index in [-0.39, 0.29) is 0 Å². The second-order valence-corrected chi connectivity index (χ2v) is 5.29. The van der Waals surface area contributed by atoms with E-state index in [4.69, 9.17) is 5.73 Å². The molecule has 0 fully saturated rings. The number of nitrogens with zero attached hydrogens (tertiary/aromatic N) is 1. The third kappa shape index (κ3) is 2.12. The molecule has 0 bridgehead atoms. The van der Waals surface area contributed by atoms with Gasteiger partial charge in [-0.2, -0.15) is 0 Å². The topological polar surface area (TPSA) is 63.4 Å². The third-order valence-electron chi connectivity index (χ3n) is 1.94. The lowest BCUT2D eigenvalue weighted by atomic mass is 10.2. The zero-order valence-corrected chi connectivity index (χ0v) is 9.08. The van der Waals surface area contributed by atoms with Crippen molar-refractivity contribution in [3.63, 3.8) is 0 Å². The normalized spacial score (nSPS) is 12.0. The Morgan fingerprint density at radius 2 is 1.71 bits per heavy atom. The monoisotopic (exact) mass is 214 g/mol. The van der Waals surface area contributed by atoms with Gasteiger partial charge in [0.25, 0.3) is 0 Å². The number of benzene rings is 1. The van der Waals surface area contributed by atoms with Crippen molar-refractivity contribution in [3.05, 3.63) is 29.8 Å². The molecule has 2 N–H and O–H groups in total. The number of sulfonamides is 1. The van der Waals surface area contributed by atoms with Crippen LogP contribution < -0.4 is 5.73 Å². The Labute approximate surface area is 84.4 Å². The van der Waals surface area contributed by atoms with E-state index in [1.807, 2.05) is 0 Å². The lowest BCUT2D eigenvalue weighted by Gasteiger charge is -2.11. The van der Waals surface area contributed by atoms with E-state index in [9.17, 15) is 8.42 Å². The van der Waals surface area contributed by atoms with E-state index in [0.717, 1.165) is 5.56 Å². The summed E-state index contributed by atoms with van der Waals surface area (Å²) in [6.45, 7) is 0.419. The SMILES string of the molecule is CN(C)S(=O)(=O)c1ccc(CN)cc1. The van der Waals surface area contributed by atoms with Gasteiger partial charge in [0.15, 0.2) is 0 Å². The molecule has 0 spiro atoms. The first kappa shape index (κ1) is 11.2.